The Morgan fingerprint density at radius 3 is 2.44 bits per heavy atom. The van der Waals surface area contributed by atoms with E-state index in [0.717, 1.165) is 73.4 Å². The van der Waals surface area contributed by atoms with Crippen molar-refractivity contribution in [1.82, 2.24) is 24.5 Å². The van der Waals surface area contributed by atoms with Crippen molar-refractivity contribution in [1.29, 1.82) is 0 Å². The van der Waals surface area contributed by atoms with Gasteiger partial charge in [-0.3, -0.25) is 0 Å². The molecule has 0 radical (unpaired) electrons. The minimum Gasteiger partial charge on any atom is -0.393 e. The summed E-state index contributed by atoms with van der Waals surface area (Å²) >= 11 is 0. The lowest BCUT2D eigenvalue weighted by Gasteiger charge is -2.29. The van der Waals surface area contributed by atoms with Crippen LogP contribution >= 0.6 is 0 Å². The molecular weight excluding hydrogens is 400 g/mol. The van der Waals surface area contributed by atoms with Gasteiger partial charge in [0.25, 0.3) is 0 Å². The fraction of sp³-hybridized carbons (Fsp3) is 0.360. The third-order valence-corrected chi connectivity index (χ3v) is 6.67. The smallest absolute Gasteiger partial charge is 0.225 e. The number of aliphatic hydroxyl groups is 1. The van der Waals surface area contributed by atoms with Crippen molar-refractivity contribution in [2.75, 3.05) is 18.0 Å². The summed E-state index contributed by atoms with van der Waals surface area (Å²) in [6, 6.07) is 15.0. The lowest BCUT2D eigenvalue weighted by Crippen LogP contribution is -2.36. The number of pyridine rings is 1. The van der Waals surface area contributed by atoms with E-state index in [4.69, 9.17) is 9.97 Å². The minimum atomic E-state index is -0.206. The van der Waals surface area contributed by atoms with E-state index in [9.17, 15) is 5.11 Å². The number of hydrogen-bond donors (Lipinski definition) is 1. The van der Waals surface area contributed by atoms with E-state index in [1.807, 2.05) is 18.5 Å². The van der Waals surface area contributed by atoms with Gasteiger partial charge >= 0.3 is 0 Å². The molecule has 0 saturated carbocycles. The molecule has 1 fully saturated rings. The predicted octanol–water partition coefficient (Wildman–Crippen LogP) is 3.78. The highest BCUT2D eigenvalue weighted by Gasteiger charge is 2.26. The van der Waals surface area contributed by atoms with Crippen LogP contribution in [-0.4, -0.2) is 48.8 Å². The summed E-state index contributed by atoms with van der Waals surface area (Å²) in [6.07, 6.45) is 8.24. The normalized spacial score (nSPS) is 19.3. The van der Waals surface area contributed by atoms with Crippen LogP contribution in [-0.2, 0) is 6.42 Å². The van der Waals surface area contributed by atoms with E-state index in [1.165, 1.54) is 5.56 Å². The van der Waals surface area contributed by atoms with Gasteiger partial charge in [0.05, 0.1) is 17.8 Å². The first kappa shape index (κ1) is 19.4. The van der Waals surface area contributed by atoms with Gasteiger partial charge in [-0.1, -0.05) is 30.3 Å². The number of fused-ring (bicyclic) bond motifs is 3. The van der Waals surface area contributed by atoms with Gasteiger partial charge < -0.3 is 14.6 Å². The van der Waals surface area contributed by atoms with Gasteiger partial charge in [0.15, 0.2) is 5.65 Å². The lowest BCUT2D eigenvalue weighted by atomic mass is 9.97. The summed E-state index contributed by atoms with van der Waals surface area (Å²) in [6.45, 7) is 1.57. The molecule has 1 N–H and O–H groups in total. The lowest BCUT2D eigenvalue weighted by molar-refractivity contribution is 0.145. The molecule has 1 aromatic carbocycles. The standard InChI is InChI=1S/C25H26N6O/c32-19-11-13-30(14-12-19)25-26-15-18(16-27-25)20-9-10-21-24(29-20)31-22(7-4-8-23(31)28-21)17-5-2-1-3-6-17/h1-3,5-6,9-10,15-16,19,22,32H,4,7-8,11-14H2. The van der Waals surface area contributed by atoms with Crippen molar-refractivity contribution in [2.24, 2.45) is 0 Å². The van der Waals surface area contributed by atoms with Crippen molar-refractivity contribution >= 4 is 17.1 Å². The second-order valence-corrected chi connectivity index (χ2v) is 8.75. The molecule has 1 unspecified atom stereocenters. The maximum Gasteiger partial charge on any atom is 0.225 e. The number of aromatic nitrogens is 5. The van der Waals surface area contributed by atoms with Crippen LogP contribution in [0.25, 0.3) is 22.4 Å². The number of rotatable bonds is 3. The number of aliphatic hydroxyl groups excluding tert-OH is 1. The molecular formula is C25H26N6O. The Bertz CT molecular complexity index is 1230. The number of imidazole rings is 1. The zero-order valence-electron chi connectivity index (χ0n) is 17.9. The summed E-state index contributed by atoms with van der Waals surface area (Å²) in [5.41, 5.74) is 4.93. The highest BCUT2D eigenvalue weighted by atomic mass is 16.3. The number of anilines is 1. The second kappa shape index (κ2) is 7.98. The zero-order valence-corrected chi connectivity index (χ0v) is 17.9. The summed E-state index contributed by atoms with van der Waals surface area (Å²) < 4.78 is 2.33. The highest BCUT2D eigenvalue weighted by molar-refractivity contribution is 5.76. The molecule has 0 spiro atoms. The molecule has 6 rings (SSSR count). The molecule has 32 heavy (non-hydrogen) atoms. The molecule has 7 nitrogen and oxygen atoms in total. The first-order valence-electron chi connectivity index (χ1n) is 11.4. The van der Waals surface area contributed by atoms with Crippen LogP contribution in [0.1, 0.15) is 43.1 Å². The first-order valence-corrected chi connectivity index (χ1v) is 11.4. The van der Waals surface area contributed by atoms with Crippen LogP contribution in [0.5, 0.6) is 0 Å². The van der Waals surface area contributed by atoms with Crippen LogP contribution in [0.3, 0.4) is 0 Å². The average molecular weight is 427 g/mol. The fourth-order valence-electron chi connectivity index (χ4n) is 4.94. The van der Waals surface area contributed by atoms with Crippen molar-refractivity contribution in [3.63, 3.8) is 0 Å². The van der Waals surface area contributed by atoms with Crippen molar-refractivity contribution < 1.29 is 5.11 Å². The van der Waals surface area contributed by atoms with Crippen LogP contribution in [0.2, 0.25) is 0 Å². The fourth-order valence-corrected chi connectivity index (χ4v) is 4.94. The van der Waals surface area contributed by atoms with Gasteiger partial charge in [-0.25, -0.2) is 19.9 Å². The van der Waals surface area contributed by atoms with Crippen LogP contribution in [0, 0.1) is 0 Å². The number of nitrogens with zero attached hydrogens (tertiary/aromatic N) is 6. The minimum absolute atomic E-state index is 0.206. The largest absolute Gasteiger partial charge is 0.393 e. The van der Waals surface area contributed by atoms with Gasteiger partial charge in [-0.15, -0.1) is 0 Å². The highest BCUT2D eigenvalue weighted by Crippen LogP contribution is 2.34. The molecule has 0 aliphatic carbocycles. The number of piperidine rings is 1. The molecule has 7 heteroatoms. The van der Waals surface area contributed by atoms with Crippen LogP contribution in [0.4, 0.5) is 5.95 Å². The summed E-state index contributed by atoms with van der Waals surface area (Å²) in [5, 5.41) is 9.73. The SMILES string of the molecule is OC1CCN(c2ncc(-c3ccc4nc5n(c4n3)C(c3ccccc3)CCC5)cn2)CC1. The summed E-state index contributed by atoms with van der Waals surface area (Å²) in [7, 11) is 0. The van der Waals surface area contributed by atoms with Crippen LogP contribution in [0.15, 0.2) is 54.9 Å². The van der Waals surface area contributed by atoms with Gasteiger partial charge in [-0.2, -0.15) is 0 Å². The molecule has 1 atom stereocenters. The Labute approximate surface area is 186 Å². The summed E-state index contributed by atoms with van der Waals surface area (Å²) in [5.74, 6) is 1.83. The van der Waals surface area contributed by atoms with E-state index in [0.29, 0.717) is 5.95 Å². The third-order valence-electron chi connectivity index (χ3n) is 6.67. The van der Waals surface area contributed by atoms with Crippen molar-refractivity contribution in [3.05, 3.63) is 66.2 Å². The second-order valence-electron chi connectivity index (χ2n) is 8.75. The maximum atomic E-state index is 9.73. The maximum absolute atomic E-state index is 9.73. The topological polar surface area (TPSA) is 80.0 Å². The molecule has 4 aromatic rings. The number of aryl methyl sites for hydroxylation is 1. The first-order chi connectivity index (χ1) is 15.8. The zero-order chi connectivity index (χ0) is 21.5. The summed E-state index contributed by atoms with van der Waals surface area (Å²) in [4.78, 5) is 21.2. The Kier molecular flexibility index (Phi) is 4.83. The third kappa shape index (κ3) is 3.42. The van der Waals surface area contributed by atoms with E-state index in [1.54, 1.807) is 0 Å². The molecule has 2 aliphatic rings. The molecule has 162 valence electrons. The monoisotopic (exact) mass is 426 g/mol. The molecule has 1 saturated heterocycles. The molecule has 0 bridgehead atoms. The van der Waals surface area contributed by atoms with Gasteiger partial charge in [-0.05, 0) is 43.4 Å². The van der Waals surface area contributed by atoms with Gasteiger partial charge in [0, 0.05) is 37.5 Å². The van der Waals surface area contributed by atoms with Crippen molar-refractivity contribution in [2.45, 2.75) is 44.2 Å². The van der Waals surface area contributed by atoms with Gasteiger partial charge in [0.2, 0.25) is 5.95 Å². The van der Waals surface area contributed by atoms with Gasteiger partial charge in [0.1, 0.15) is 11.3 Å². The predicted molar refractivity (Wildman–Crippen MR) is 124 cm³/mol. The Morgan fingerprint density at radius 2 is 1.66 bits per heavy atom. The molecule has 5 heterocycles. The number of benzene rings is 1. The average Bonchev–Trinajstić information content (AvgIpc) is 3.23. The Morgan fingerprint density at radius 1 is 0.875 bits per heavy atom. The van der Waals surface area contributed by atoms with E-state index < -0.39 is 0 Å². The molecule has 3 aromatic heterocycles. The number of hydrogen-bond acceptors (Lipinski definition) is 6. The van der Waals surface area contributed by atoms with E-state index in [2.05, 4.69) is 55.8 Å². The van der Waals surface area contributed by atoms with E-state index >= 15 is 0 Å². The van der Waals surface area contributed by atoms with Crippen molar-refractivity contribution in [3.8, 4) is 11.3 Å². The van der Waals surface area contributed by atoms with Crippen LogP contribution < -0.4 is 4.90 Å². The Hall–Kier alpha value is -3.32. The molecule has 2 aliphatic heterocycles. The quantitative estimate of drug-likeness (QED) is 0.537. The Balaban J connectivity index is 1.35. The molecule has 0 amide bonds. The van der Waals surface area contributed by atoms with E-state index in [-0.39, 0.29) is 12.1 Å².